The number of carbonyl (C=O) groups is 1. The fourth-order valence-electron chi connectivity index (χ4n) is 2.92. The third-order valence-corrected chi connectivity index (χ3v) is 6.55. The van der Waals surface area contributed by atoms with Crippen molar-refractivity contribution in [2.24, 2.45) is 5.92 Å². The summed E-state index contributed by atoms with van der Waals surface area (Å²) in [6, 6.07) is 9.64. The molecule has 150 valence electrons. The molecule has 9 heteroatoms. The molecule has 28 heavy (non-hydrogen) atoms. The van der Waals surface area contributed by atoms with Gasteiger partial charge < -0.3 is 14.8 Å². The van der Waals surface area contributed by atoms with E-state index >= 15 is 0 Å². The summed E-state index contributed by atoms with van der Waals surface area (Å²) in [7, 11) is 0.697. The van der Waals surface area contributed by atoms with Crippen molar-refractivity contribution in [1.82, 2.24) is 4.31 Å². The Hall–Kier alpha value is -2.29. The fraction of sp³-hybridized carbons (Fsp3) is 0.316. The minimum Gasteiger partial charge on any atom is -0.495 e. The summed E-state index contributed by atoms with van der Waals surface area (Å²) < 4.78 is 36.8. The molecule has 0 saturated carbocycles. The highest BCUT2D eigenvalue weighted by Crippen LogP contribution is 2.32. The van der Waals surface area contributed by atoms with Crippen molar-refractivity contribution in [2.75, 3.05) is 33.1 Å². The summed E-state index contributed by atoms with van der Waals surface area (Å²) in [5, 5.41) is 3.34. The van der Waals surface area contributed by atoms with Crippen LogP contribution in [-0.4, -0.2) is 46.4 Å². The number of hydrogen-bond acceptors (Lipinski definition) is 5. The van der Waals surface area contributed by atoms with Crippen molar-refractivity contribution in [1.29, 1.82) is 0 Å². The van der Waals surface area contributed by atoms with Crippen LogP contribution in [0.25, 0.3) is 0 Å². The summed E-state index contributed by atoms with van der Waals surface area (Å²) in [5.74, 6) is 0.351. The van der Waals surface area contributed by atoms with Gasteiger partial charge in [0, 0.05) is 19.1 Å². The largest absolute Gasteiger partial charge is 0.495 e. The molecule has 2 aromatic rings. The average molecular weight is 425 g/mol. The first kappa shape index (κ1) is 20.4. The SMILES string of the molecule is COc1ccc(S(=O)(=O)N(C)C)cc1NC(=O)[C@@H]1COc2ccc(Cl)cc2C1. The number of methoxy groups -OCH3 is 1. The minimum absolute atomic E-state index is 0.0608. The molecule has 2 aromatic carbocycles. The molecule has 1 aliphatic heterocycles. The predicted molar refractivity (Wildman–Crippen MR) is 107 cm³/mol. The first-order valence-corrected chi connectivity index (χ1v) is 10.4. The number of hydrogen-bond donors (Lipinski definition) is 1. The van der Waals surface area contributed by atoms with Crippen LogP contribution in [-0.2, 0) is 21.2 Å². The first-order chi connectivity index (χ1) is 13.2. The second-order valence-electron chi connectivity index (χ2n) is 6.60. The van der Waals surface area contributed by atoms with Gasteiger partial charge in [0.2, 0.25) is 15.9 Å². The van der Waals surface area contributed by atoms with Gasteiger partial charge in [-0.1, -0.05) is 11.6 Å². The highest BCUT2D eigenvalue weighted by atomic mass is 35.5. The van der Waals surface area contributed by atoms with Gasteiger partial charge in [0.15, 0.2) is 0 Å². The molecule has 0 spiro atoms. The first-order valence-electron chi connectivity index (χ1n) is 8.55. The van der Waals surface area contributed by atoms with Crippen LogP contribution in [0.4, 0.5) is 5.69 Å². The molecule has 0 unspecified atom stereocenters. The molecule has 3 rings (SSSR count). The zero-order valence-electron chi connectivity index (χ0n) is 15.7. The molecule has 7 nitrogen and oxygen atoms in total. The van der Waals surface area contributed by atoms with Gasteiger partial charge in [-0.05, 0) is 48.4 Å². The van der Waals surface area contributed by atoms with Gasteiger partial charge in [-0.3, -0.25) is 4.79 Å². The second kappa shape index (κ2) is 7.98. The Morgan fingerprint density at radius 2 is 2.00 bits per heavy atom. The number of halogens is 1. The quantitative estimate of drug-likeness (QED) is 0.797. The summed E-state index contributed by atoms with van der Waals surface area (Å²) in [6.45, 7) is 0.221. The standard InChI is InChI=1S/C19H21ClN2O5S/c1-22(2)28(24,25)15-5-7-18(26-3)16(10-15)21-19(23)13-8-12-9-14(20)4-6-17(12)27-11-13/h4-7,9-10,13H,8,11H2,1-3H3,(H,21,23)/t13-/m0/s1. The lowest BCUT2D eigenvalue weighted by Crippen LogP contribution is -2.32. The van der Waals surface area contributed by atoms with E-state index in [2.05, 4.69) is 5.32 Å². The normalized spacial score (nSPS) is 16.2. The smallest absolute Gasteiger partial charge is 0.242 e. The number of sulfonamides is 1. The van der Waals surface area contributed by atoms with Crippen LogP contribution in [0.3, 0.4) is 0 Å². The van der Waals surface area contributed by atoms with Gasteiger partial charge in [-0.25, -0.2) is 12.7 Å². The lowest BCUT2D eigenvalue weighted by atomic mass is 9.96. The maximum Gasteiger partial charge on any atom is 0.242 e. The molecule has 1 heterocycles. The molecule has 0 aromatic heterocycles. The Morgan fingerprint density at radius 3 is 2.68 bits per heavy atom. The molecular weight excluding hydrogens is 404 g/mol. The monoisotopic (exact) mass is 424 g/mol. The molecule has 0 saturated heterocycles. The van der Waals surface area contributed by atoms with Gasteiger partial charge in [0.1, 0.15) is 18.1 Å². The lowest BCUT2D eigenvalue weighted by molar-refractivity contribution is -0.121. The predicted octanol–water partition coefficient (Wildman–Crippen LogP) is 2.79. The number of benzene rings is 2. The second-order valence-corrected chi connectivity index (χ2v) is 9.19. The topological polar surface area (TPSA) is 84.9 Å². The van der Waals surface area contributed by atoms with Crippen LogP contribution >= 0.6 is 11.6 Å². The van der Waals surface area contributed by atoms with E-state index in [-0.39, 0.29) is 23.1 Å². The van der Waals surface area contributed by atoms with Crippen molar-refractivity contribution in [3.8, 4) is 11.5 Å². The molecule has 1 amide bonds. The van der Waals surface area contributed by atoms with E-state index in [0.29, 0.717) is 22.9 Å². The summed E-state index contributed by atoms with van der Waals surface area (Å²) in [4.78, 5) is 12.8. The van der Waals surface area contributed by atoms with Crippen LogP contribution in [0, 0.1) is 5.92 Å². The van der Waals surface area contributed by atoms with E-state index in [4.69, 9.17) is 21.1 Å². The number of ether oxygens (including phenoxy) is 2. The average Bonchev–Trinajstić information content (AvgIpc) is 2.67. The van der Waals surface area contributed by atoms with Crippen molar-refractivity contribution in [2.45, 2.75) is 11.3 Å². The van der Waals surface area contributed by atoms with E-state index in [9.17, 15) is 13.2 Å². The van der Waals surface area contributed by atoms with Crippen LogP contribution < -0.4 is 14.8 Å². The highest BCUT2D eigenvalue weighted by molar-refractivity contribution is 7.89. The number of rotatable bonds is 5. The fourth-order valence-corrected chi connectivity index (χ4v) is 4.05. The van der Waals surface area contributed by atoms with E-state index in [1.165, 1.54) is 39.4 Å². The Balaban J connectivity index is 1.84. The molecule has 0 fully saturated rings. The molecule has 0 aliphatic carbocycles. The number of fused-ring (bicyclic) bond motifs is 1. The Morgan fingerprint density at radius 1 is 1.25 bits per heavy atom. The molecule has 0 bridgehead atoms. The zero-order chi connectivity index (χ0) is 20.5. The third kappa shape index (κ3) is 4.09. The number of nitrogens with zero attached hydrogens (tertiary/aromatic N) is 1. The van der Waals surface area contributed by atoms with Crippen LogP contribution in [0.2, 0.25) is 5.02 Å². The van der Waals surface area contributed by atoms with Gasteiger partial charge in [-0.2, -0.15) is 0 Å². The third-order valence-electron chi connectivity index (χ3n) is 4.51. The van der Waals surface area contributed by atoms with Crippen molar-refractivity contribution >= 4 is 33.2 Å². The Labute approximate surface area is 169 Å². The van der Waals surface area contributed by atoms with Gasteiger partial charge in [0.05, 0.1) is 23.6 Å². The van der Waals surface area contributed by atoms with Crippen molar-refractivity contribution < 1.29 is 22.7 Å². The summed E-state index contributed by atoms with van der Waals surface area (Å²) in [5.41, 5.74) is 1.14. The van der Waals surface area contributed by atoms with Crippen LogP contribution in [0.15, 0.2) is 41.3 Å². The van der Waals surface area contributed by atoms with Gasteiger partial charge >= 0.3 is 0 Å². The van der Waals surface area contributed by atoms with Crippen molar-refractivity contribution in [3.63, 3.8) is 0 Å². The lowest BCUT2D eigenvalue weighted by Gasteiger charge is -2.25. The summed E-state index contributed by atoms with van der Waals surface area (Å²) >= 11 is 6.03. The maximum atomic E-state index is 12.8. The zero-order valence-corrected chi connectivity index (χ0v) is 17.3. The Kier molecular flexibility index (Phi) is 5.83. The molecular formula is C19H21ClN2O5S. The maximum absolute atomic E-state index is 12.8. The molecule has 0 radical (unpaired) electrons. The Bertz CT molecular complexity index is 1010. The van der Waals surface area contributed by atoms with E-state index in [0.717, 1.165) is 9.87 Å². The van der Waals surface area contributed by atoms with E-state index < -0.39 is 15.9 Å². The van der Waals surface area contributed by atoms with Crippen molar-refractivity contribution in [3.05, 3.63) is 47.0 Å². The number of amides is 1. The van der Waals surface area contributed by atoms with Crippen LogP contribution in [0.1, 0.15) is 5.56 Å². The van der Waals surface area contributed by atoms with E-state index in [1.54, 1.807) is 18.2 Å². The highest BCUT2D eigenvalue weighted by Gasteiger charge is 2.27. The van der Waals surface area contributed by atoms with Gasteiger partial charge in [0.25, 0.3) is 0 Å². The van der Waals surface area contributed by atoms with E-state index in [1.807, 2.05) is 0 Å². The minimum atomic E-state index is -3.64. The summed E-state index contributed by atoms with van der Waals surface area (Å²) in [6.07, 6.45) is 0.472. The molecule has 1 atom stereocenters. The number of anilines is 1. The number of carbonyl (C=O) groups excluding carboxylic acids is 1. The molecule has 1 aliphatic rings. The number of nitrogens with one attached hydrogen (secondary N) is 1. The molecule has 1 N–H and O–H groups in total. The van der Waals surface area contributed by atoms with Gasteiger partial charge in [-0.15, -0.1) is 0 Å². The van der Waals surface area contributed by atoms with Crippen LogP contribution in [0.5, 0.6) is 11.5 Å².